The molecule has 2 atom stereocenters. The largest absolute Gasteiger partial charge is 0.466 e. The minimum absolute atomic E-state index is 0.00689. The van der Waals surface area contributed by atoms with Crippen molar-refractivity contribution >= 4 is 11.9 Å². The third-order valence-electron chi connectivity index (χ3n) is 13.5. The van der Waals surface area contributed by atoms with Crippen LogP contribution in [0.2, 0.25) is 0 Å². The summed E-state index contributed by atoms with van der Waals surface area (Å²) >= 11 is 0. The number of allylic oxidation sites excluding steroid dienone is 9. The topological polar surface area (TPSA) is 95.9 Å². The number of ether oxygens (including phenoxy) is 1. The van der Waals surface area contributed by atoms with E-state index in [1.807, 2.05) is 6.08 Å². The molecule has 0 aromatic carbocycles. The van der Waals surface area contributed by atoms with E-state index in [0.29, 0.717) is 19.4 Å². The molecule has 0 rings (SSSR count). The fraction of sp³-hybridized carbons (Fsp3) is 0.810. The van der Waals surface area contributed by atoms with Crippen molar-refractivity contribution in [2.24, 2.45) is 0 Å². The number of unbranched alkanes of at least 4 members (excludes halogenated alkanes) is 36. The molecule has 0 saturated heterocycles. The lowest BCUT2D eigenvalue weighted by Gasteiger charge is -2.20. The molecule has 0 fully saturated rings. The molecule has 0 saturated carbocycles. The van der Waals surface area contributed by atoms with E-state index in [1.54, 1.807) is 6.08 Å². The summed E-state index contributed by atoms with van der Waals surface area (Å²) in [6, 6.07) is -0.633. The number of esters is 1. The maximum Gasteiger partial charge on any atom is 0.305 e. The Morgan fingerprint density at radius 2 is 0.739 bits per heavy atom. The molecular formula is C63H115NO5. The van der Waals surface area contributed by atoms with Crippen molar-refractivity contribution in [1.29, 1.82) is 0 Å². The average molecular weight is 967 g/mol. The molecule has 0 radical (unpaired) electrons. The van der Waals surface area contributed by atoms with E-state index in [4.69, 9.17) is 4.74 Å². The van der Waals surface area contributed by atoms with Crippen LogP contribution in [0.1, 0.15) is 303 Å². The molecule has 0 aliphatic rings. The molecule has 6 heteroatoms. The van der Waals surface area contributed by atoms with Gasteiger partial charge in [0.15, 0.2) is 0 Å². The highest BCUT2D eigenvalue weighted by molar-refractivity contribution is 5.76. The molecule has 0 heterocycles. The molecule has 0 aliphatic carbocycles. The van der Waals surface area contributed by atoms with Gasteiger partial charge in [-0.3, -0.25) is 9.59 Å². The van der Waals surface area contributed by atoms with E-state index in [2.05, 4.69) is 67.8 Å². The first-order valence-electron chi connectivity index (χ1n) is 30.1. The van der Waals surface area contributed by atoms with Gasteiger partial charge in [-0.2, -0.15) is 0 Å². The van der Waals surface area contributed by atoms with E-state index in [0.717, 1.165) is 57.8 Å². The lowest BCUT2D eigenvalue weighted by atomic mass is 10.0. The minimum atomic E-state index is -0.849. The zero-order chi connectivity index (χ0) is 50.0. The maximum atomic E-state index is 12.4. The first-order valence-corrected chi connectivity index (χ1v) is 30.1. The second-order valence-electron chi connectivity index (χ2n) is 20.3. The Kier molecular flexibility index (Phi) is 56.1. The normalized spacial score (nSPS) is 13.0. The van der Waals surface area contributed by atoms with Crippen molar-refractivity contribution in [3.05, 3.63) is 60.8 Å². The minimum Gasteiger partial charge on any atom is -0.466 e. The molecule has 0 bridgehead atoms. The monoisotopic (exact) mass is 966 g/mol. The molecular weight excluding hydrogens is 851 g/mol. The zero-order valence-electron chi connectivity index (χ0n) is 45.8. The van der Waals surface area contributed by atoms with E-state index in [1.165, 1.54) is 218 Å². The second kappa shape index (κ2) is 58.1. The molecule has 6 nitrogen and oxygen atoms in total. The fourth-order valence-electron chi connectivity index (χ4n) is 8.86. The van der Waals surface area contributed by atoms with E-state index in [9.17, 15) is 19.8 Å². The van der Waals surface area contributed by atoms with Gasteiger partial charge in [-0.15, -0.1) is 0 Å². The predicted molar refractivity (Wildman–Crippen MR) is 301 cm³/mol. The molecule has 69 heavy (non-hydrogen) atoms. The predicted octanol–water partition coefficient (Wildman–Crippen LogP) is 18.7. The summed E-state index contributed by atoms with van der Waals surface area (Å²) in [6.45, 7) is 4.84. The average Bonchev–Trinajstić information content (AvgIpc) is 3.35. The summed E-state index contributed by atoms with van der Waals surface area (Å²) < 4.78 is 5.46. The summed E-state index contributed by atoms with van der Waals surface area (Å²) in [4.78, 5) is 24.5. The van der Waals surface area contributed by atoms with Crippen LogP contribution in [0.25, 0.3) is 0 Å². The SMILES string of the molecule is CCCC/C=C\C/C=C\CCCCCCCC(=O)OCCCCCCCCCCC/C=C\C/C=C\CCCCCCCCCCCC(=O)NC(CO)C(O)/C=C/CCCCCCCCCCCCC. The Morgan fingerprint density at radius 1 is 0.406 bits per heavy atom. The summed E-state index contributed by atoms with van der Waals surface area (Å²) in [7, 11) is 0. The summed E-state index contributed by atoms with van der Waals surface area (Å²) in [5.41, 5.74) is 0. The van der Waals surface area contributed by atoms with E-state index >= 15 is 0 Å². The van der Waals surface area contributed by atoms with Crippen LogP contribution in [0.4, 0.5) is 0 Å². The van der Waals surface area contributed by atoms with Crippen molar-refractivity contribution in [3.8, 4) is 0 Å². The zero-order valence-corrected chi connectivity index (χ0v) is 45.8. The Labute approximate surface area is 428 Å². The van der Waals surface area contributed by atoms with Gasteiger partial charge in [0.05, 0.1) is 25.4 Å². The van der Waals surface area contributed by atoms with Crippen LogP contribution in [0.3, 0.4) is 0 Å². The lowest BCUT2D eigenvalue weighted by molar-refractivity contribution is -0.143. The van der Waals surface area contributed by atoms with Gasteiger partial charge in [0.1, 0.15) is 0 Å². The Morgan fingerprint density at radius 3 is 1.14 bits per heavy atom. The molecule has 0 spiro atoms. The molecule has 3 N–H and O–H groups in total. The molecule has 2 unspecified atom stereocenters. The summed E-state index contributed by atoms with van der Waals surface area (Å²) in [6.07, 6.45) is 75.4. The number of nitrogens with one attached hydrogen (secondary N) is 1. The number of aliphatic hydroxyl groups excluding tert-OH is 2. The number of carbonyl (C=O) groups is 2. The number of hydrogen-bond donors (Lipinski definition) is 3. The van der Waals surface area contributed by atoms with Gasteiger partial charge < -0.3 is 20.3 Å². The van der Waals surface area contributed by atoms with Crippen LogP contribution in [-0.4, -0.2) is 47.4 Å². The first kappa shape index (κ1) is 66.6. The van der Waals surface area contributed by atoms with Gasteiger partial charge in [0, 0.05) is 12.8 Å². The van der Waals surface area contributed by atoms with Crippen molar-refractivity contribution in [2.75, 3.05) is 13.2 Å². The van der Waals surface area contributed by atoms with Gasteiger partial charge >= 0.3 is 5.97 Å². The van der Waals surface area contributed by atoms with Crippen LogP contribution in [0.15, 0.2) is 60.8 Å². The van der Waals surface area contributed by atoms with Gasteiger partial charge in [0.25, 0.3) is 0 Å². The quantitative estimate of drug-likeness (QED) is 0.0321. The van der Waals surface area contributed by atoms with Gasteiger partial charge in [-0.25, -0.2) is 0 Å². The van der Waals surface area contributed by atoms with E-state index < -0.39 is 12.1 Å². The van der Waals surface area contributed by atoms with Gasteiger partial charge in [-0.05, 0) is 89.9 Å². The summed E-state index contributed by atoms with van der Waals surface area (Å²) in [5, 5.41) is 23.1. The van der Waals surface area contributed by atoms with Crippen molar-refractivity contribution in [1.82, 2.24) is 5.32 Å². The molecule has 402 valence electrons. The summed E-state index contributed by atoms with van der Waals surface area (Å²) in [5.74, 6) is -0.0821. The van der Waals surface area contributed by atoms with Gasteiger partial charge in [0.2, 0.25) is 5.91 Å². The van der Waals surface area contributed by atoms with Gasteiger partial charge in [-0.1, -0.05) is 261 Å². The number of aliphatic hydroxyl groups is 2. The maximum absolute atomic E-state index is 12.4. The van der Waals surface area contributed by atoms with Crippen molar-refractivity contribution in [3.63, 3.8) is 0 Å². The number of rotatable bonds is 55. The number of carbonyl (C=O) groups excluding carboxylic acids is 2. The molecule has 0 aromatic heterocycles. The van der Waals surface area contributed by atoms with Crippen LogP contribution in [0, 0.1) is 0 Å². The highest BCUT2D eigenvalue weighted by Gasteiger charge is 2.18. The fourth-order valence-corrected chi connectivity index (χ4v) is 8.86. The first-order chi connectivity index (χ1) is 34.0. The highest BCUT2D eigenvalue weighted by atomic mass is 16.5. The molecule has 1 amide bonds. The highest BCUT2D eigenvalue weighted by Crippen LogP contribution is 2.16. The number of amides is 1. The third kappa shape index (κ3) is 54.7. The van der Waals surface area contributed by atoms with Crippen LogP contribution < -0.4 is 5.32 Å². The smallest absolute Gasteiger partial charge is 0.305 e. The lowest BCUT2D eigenvalue weighted by Crippen LogP contribution is -2.45. The van der Waals surface area contributed by atoms with Crippen LogP contribution in [-0.2, 0) is 14.3 Å². The molecule has 0 aromatic rings. The van der Waals surface area contributed by atoms with Crippen LogP contribution >= 0.6 is 0 Å². The molecule has 0 aliphatic heterocycles. The second-order valence-corrected chi connectivity index (χ2v) is 20.3. The third-order valence-corrected chi connectivity index (χ3v) is 13.5. The van der Waals surface area contributed by atoms with E-state index in [-0.39, 0.29) is 18.5 Å². The van der Waals surface area contributed by atoms with Crippen molar-refractivity contribution < 1.29 is 24.5 Å². The Balaban J connectivity index is 3.46. The number of hydrogen-bond acceptors (Lipinski definition) is 5. The Hall–Kier alpha value is -2.44. The standard InChI is InChI=1S/C63H115NO5/c1-3-5-7-9-11-13-15-17-33-37-41-45-49-53-57-63(68)69-58-54-50-46-42-38-34-30-28-26-24-22-20-18-19-21-23-25-27-29-32-36-40-44-48-52-56-62(67)64-60(59-65)61(66)55-51-47-43-39-35-31-16-14-12-10-8-6-4-2/h9,11,15,17,19-22,51,55,60-61,65-66H,3-8,10,12-14,16,18,23-50,52-54,56-59H2,1-2H3,(H,64,67)/b11-9-,17-15-,21-19-,22-20-,55-51+. The Bertz CT molecular complexity index is 1210. The van der Waals surface area contributed by atoms with Crippen LogP contribution in [0.5, 0.6) is 0 Å². The van der Waals surface area contributed by atoms with Crippen molar-refractivity contribution in [2.45, 2.75) is 315 Å².